The number of nitrogens with zero attached hydrogens (tertiary/aromatic N) is 3. The van der Waals surface area contributed by atoms with Crippen molar-refractivity contribution >= 4 is 5.91 Å². The van der Waals surface area contributed by atoms with E-state index in [0.29, 0.717) is 12.5 Å². The first-order chi connectivity index (χ1) is 10.3. The zero-order valence-corrected chi connectivity index (χ0v) is 12.0. The van der Waals surface area contributed by atoms with E-state index in [1.807, 2.05) is 41.8 Å². The fourth-order valence-corrected chi connectivity index (χ4v) is 2.39. The standard InChI is InChI=1S/C15H19N5O/c1-11(12-7-16-8-12)15(21)17-9-14-19-18-10-20(14)13-5-3-2-4-6-13/h2-6,10-12,16H,7-9H2,1H3,(H,17,21). The maximum Gasteiger partial charge on any atom is 0.223 e. The fraction of sp³-hybridized carbons (Fsp3) is 0.400. The molecule has 0 saturated carbocycles. The third-order valence-corrected chi connectivity index (χ3v) is 4.01. The smallest absolute Gasteiger partial charge is 0.223 e. The summed E-state index contributed by atoms with van der Waals surface area (Å²) in [6.45, 7) is 4.21. The van der Waals surface area contributed by atoms with Crippen molar-refractivity contribution < 1.29 is 4.79 Å². The number of para-hydroxylation sites is 1. The minimum Gasteiger partial charge on any atom is -0.349 e. The molecule has 1 atom stereocenters. The Morgan fingerprint density at radius 2 is 2.19 bits per heavy atom. The summed E-state index contributed by atoms with van der Waals surface area (Å²) in [6.07, 6.45) is 1.66. The van der Waals surface area contributed by atoms with Gasteiger partial charge < -0.3 is 10.6 Å². The van der Waals surface area contributed by atoms with E-state index in [1.54, 1.807) is 6.33 Å². The van der Waals surface area contributed by atoms with Crippen molar-refractivity contribution in [1.29, 1.82) is 0 Å². The Morgan fingerprint density at radius 3 is 2.86 bits per heavy atom. The first-order valence-corrected chi connectivity index (χ1v) is 7.18. The van der Waals surface area contributed by atoms with Gasteiger partial charge in [-0.3, -0.25) is 9.36 Å². The summed E-state index contributed by atoms with van der Waals surface area (Å²) in [5.74, 6) is 1.27. The number of hydrogen-bond donors (Lipinski definition) is 2. The average molecular weight is 285 g/mol. The number of benzene rings is 1. The normalized spacial score (nSPS) is 16.2. The van der Waals surface area contributed by atoms with Crippen LogP contribution in [0.4, 0.5) is 0 Å². The van der Waals surface area contributed by atoms with E-state index in [4.69, 9.17) is 0 Å². The first kappa shape index (κ1) is 13.8. The molecule has 1 aromatic carbocycles. The van der Waals surface area contributed by atoms with Crippen molar-refractivity contribution in [3.63, 3.8) is 0 Å². The highest BCUT2D eigenvalue weighted by Gasteiger charge is 2.28. The van der Waals surface area contributed by atoms with Crippen LogP contribution in [0.2, 0.25) is 0 Å². The van der Waals surface area contributed by atoms with E-state index < -0.39 is 0 Å². The van der Waals surface area contributed by atoms with Crippen molar-refractivity contribution in [1.82, 2.24) is 25.4 Å². The van der Waals surface area contributed by atoms with Crippen LogP contribution in [0.5, 0.6) is 0 Å². The fourth-order valence-electron chi connectivity index (χ4n) is 2.39. The predicted molar refractivity (Wildman–Crippen MR) is 78.7 cm³/mol. The highest BCUT2D eigenvalue weighted by Crippen LogP contribution is 2.16. The van der Waals surface area contributed by atoms with Crippen LogP contribution in [0.25, 0.3) is 5.69 Å². The van der Waals surface area contributed by atoms with E-state index in [9.17, 15) is 4.79 Å². The summed E-state index contributed by atoms with van der Waals surface area (Å²) in [5, 5.41) is 14.2. The average Bonchev–Trinajstić information content (AvgIpc) is 2.92. The maximum atomic E-state index is 12.1. The van der Waals surface area contributed by atoms with Gasteiger partial charge in [-0.05, 0) is 31.1 Å². The van der Waals surface area contributed by atoms with Crippen LogP contribution in [0.1, 0.15) is 12.7 Å². The molecule has 2 N–H and O–H groups in total. The molecule has 1 fully saturated rings. The monoisotopic (exact) mass is 285 g/mol. The van der Waals surface area contributed by atoms with Crippen LogP contribution in [0.15, 0.2) is 36.7 Å². The van der Waals surface area contributed by atoms with Gasteiger partial charge in [0.1, 0.15) is 6.33 Å². The second-order valence-corrected chi connectivity index (χ2v) is 5.38. The molecule has 0 radical (unpaired) electrons. The quantitative estimate of drug-likeness (QED) is 0.850. The van der Waals surface area contributed by atoms with E-state index in [2.05, 4.69) is 20.8 Å². The van der Waals surface area contributed by atoms with Crippen LogP contribution in [0.3, 0.4) is 0 Å². The summed E-state index contributed by atoms with van der Waals surface area (Å²) < 4.78 is 1.88. The molecule has 1 aliphatic rings. The molecule has 3 rings (SSSR count). The first-order valence-electron chi connectivity index (χ1n) is 7.18. The number of nitrogens with one attached hydrogen (secondary N) is 2. The molecule has 2 heterocycles. The second kappa shape index (κ2) is 6.05. The van der Waals surface area contributed by atoms with Gasteiger partial charge in [0.25, 0.3) is 0 Å². The van der Waals surface area contributed by atoms with Crippen molar-refractivity contribution in [3.05, 3.63) is 42.5 Å². The van der Waals surface area contributed by atoms with Crippen LogP contribution in [0, 0.1) is 11.8 Å². The minimum absolute atomic E-state index is 0.0272. The van der Waals surface area contributed by atoms with Gasteiger partial charge in [-0.2, -0.15) is 0 Å². The molecule has 1 aromatic heterocycles. The van der Waals surface area contributed by atoms with Gasteiger partial charge in [-0.1, -0.05) is 25.1 Å². The van der Waals surface area contributed by atoms with Gasteiger partial charge in [0.2, 0.25) is 5.91 Å². The van der Waals surface area contributed by atoms with Crippen molar-refractivity contribution in [2.24, 2.45) is 11.8 Å². The van der Waals surface area contributed by atoms with Crippen molar-refractivity contribution in [2.75, 3.05) is 13.1 Å². The lowest BCUT2D eigenvalue weighted by atomic mass is 9.88. The number of aromatic nitrogens is 3. The number of carbonyl (C=O) groups excluding carboxylic acids is 1. The molecule has 0 bridgehead atoms. The molecular formula is C15H19N5O. The molecule has 1 unspecified atom stereocenters. The lowest BCUT2D eigenvalue weighted by molar-refractivity contribution is -0.126. The molecule has 1 aliphatic heterocycles. The summed E-state index contributed by atoms with van der Waals surface area (Å²) >= 11 is 0. The lowest BCUT2D eigenvalue weighted by Gasteiger charge is -2.31. The zero-order chi connectivity index (χ0) is 14.7. The SMILES string of the molecule is CC(C(=O)NCc1nncn1-c1ccccc1)C1CNC1. The van der Waals surface area contributed by atoms with Gasteiger partial charge in [0.05, 0.1) is 6.54 Å². The highest BCUT2D eigenvalue weighted by molar-refractivity contribution is 5.78. The molecule has 6 nitrogen and oxygen atoms in total. The van der Waals surface area contributed by atoms with E-state index in [0.717, 1.165) is 24.6 Å². The molecule has 1 saturated heterocycles. The zero-order valence-electron chi connectivity index (χ0n) is 12.0. The van der Waals surface area contributed by atoms with Crippen LogP contribution < -0.4 is 10.6 Å². The molecule has 6 heteroatoms. The van der Waals surface area contributed by atoms with Gasteiger partial charge in [0.15, 0.2) is 5.82 Å². The van der Waals surface area contributed by atoms with Crippen LogP contribution in [-0.2, 0) is 11.3 Å². The lowest BCUT2D eigenvalue weighted by Crippen LogP contribution is -2.49. The Balaban J connectivity index is 1.63. The topological polar surface area (TPSA) is 71.8 Å². The Kier molecular flexibility index (Phi) is 3.96. The Morgan fingerprint density at radius 1 is 1.43 bits per heavy atom. The summed E-state index contributed by atoms with van der Waals surface area (Å²) in [4.78, 5) is 12.1. The number of carbonyl (C=O) groups is 1. The third-order valence-electron chi connectivity index (χ3n) is 4.01. The molecule has 2 aromatic rings. The molecule has 0 aliphatic carbocycles. The van der Waals surface area contributed by atoms with E-state index in [-0.39, 0.29) is 11.8 Å². The summed E-state index contributed by atoms with van der Waals surface area (Å²) in [5.41, 5.74) is 0.989. The highest BCUT2D eigenvalue weighted by atomic mass is 16.1. The van der Waals surface area contributed by atoms with Crippen molar-refractivity contribution in [3.8, 4) is 5.69 Å². The van der Waals surface area contributed by atoms with Gasteiger partial charge in [-0.15, -0.1) is 10.2 Å². The molecule has 0 spiro atoms. The van der Waals surface area contributed by atoms with Crippen molar-refractivity contribution in [2.45, 2.75) is 13.5 Å². The molecular weight excluding hydrogens is 266 g/mol. The summed E-state index contributed by atoms with van der Waals surface area (Å²) in [6, 6.07) is 9.85. The van der Waals surface area contributed by atoms with E-state index in [1.165, 1.54) is 0 Å². The minimum atomic E-state index is 0.0272. The Hall–Kier alpha value is -2.21. The van der Waals surface area contributed by atoms with Gasteiger partial charge in [0, 0.05) is 11.6 Å². The molecule has 1 amide bonds. The Bertz CT molecular complexity index is 606. The second-order valence-electron chi connectivity index (χ2n) is 5.38. The summed E-state index contributed by atoms with van der Waals surface area (Å²) in [7, 11) is 0. The number of amides is 1. The largest absolute Gasteiger partial charge is 0.349 e. The number of hydrogen-bond acceptors (Lipinski definition) is 4. The Labute approximate surface area is 123 Å². The number of rotatable bonds is 5. The van der Waals surface area contributed by atoms with Crippen LogP contribution >= 0.6 is 0 Å². The third kappa shape index (κ3) is 2.95. The van der Waals surface area contributed by atoms with Gasteiger partial charge in [-0.25, -0.2) is 0 Å². The van der Waals surface area contributed by atoms with Crippen LogP contribution in [-0.4, -0.2) is 33.8 Å². The maximum absolute atomic E-state index is 12.1. The van der Waals surface area contributed by atoms with E-state index >= 15 is 0 Å². The molecule has 110 valence electrons. The van der Waals surface area contributed by atoms with Gasteiger partial charge >= 0.3 is 0 Å². The molecule has 21 heavy (non-hydrogen) atoms. The predicted octanol–water partition coefficient (Wildman–Crippen LogP) is 0.739.